The number of rotatable bonds is 4. The van der Waals surface area contributed by atoms with Crippen molar-refractivity contribution in [3.8, 4) is 0 Å². The minimum absolute atomic E-state index is 0.0704. The number of hydrogen-bond acceptors (Lipinski definition) is 4. The van der Waals surface area contributed by atoms with E-state index in [2.05, 4.69) is 0 Å². The van der Waals surface area contributed by atoms with Gasteiger partial charge in [-0.15, -0.1) is 0 Å². The molecule has 0 N–H and O–H groups in total. The lowest BCUT2D eigenvalue weighted by atomic mass is 9.82. The highest BCUT2D eigenvalue weighted by atomic mass is 16.4. The van der Waals surface area contributed by atoms with E-state index in [4.69, 9.17) is 0 Å². The average molecular weight is 278 g/mol. The van der Waals surface area contributed by atoms with Crippen LogP contribution in [-0.4, -0.2) is 28.7 Å². The molecule has 110 valence electrons. The Balaban J connectivity index is 2.27. The molecule has 0 aromatic carbocycles. The zero-order valence-electron chi connectivity index (χ0n) is 12.1. The van der Waals surface area contributed by atoms with Crippen LogP contribution >= 0.6 is 0 Å². The van der Waals surface area contributed by atoms with Gasteiger partial charge in [0.1, 0.15) is 0 Å². The smallest absolute Gasteiger partial charge is 0.234 e. The van der Waals surface area contributed by atoms with Crippen molar-refractivity contribution in [2.24, 2.45) is 17.8 Å². The molecule has 0 saturated carbocycles. The summed E-state index contributed by atoms with van der Waals surface area (Å²) in [6, 6.07) is -1.14. The number of aliphatic carboxylic acids is 1. The summed E-state index contributed by atoms with van der Waals surface area (Å²) >= 11 is 0. The Morgan fingerprint density at radius 2 is 1.95 bits per heavy atom. The van der Waals surface area contributed by atoms with Crippen molar-refractivity contribution in [3.63, 3.8) is 0 Å². The van der Waals surface area contributed by atoms with Crippen LogP contribution in [0.4, 0.5) is 0 Å². The van der Waals surface area contributed by atoms with E-state index in [0.29, 0.717) is 12.8 Å². The van der Waals surface area contributed by atoms with Crippen molar-refractivity contribution < 1.29 is 19.5 Å². The average Bonchev–Trinajstić information content (AvgIpc) is 2.58. The third-order valence-corrected chi connectivity index (χ3v) is 4.14. The van der Waals surface area contributed by atoms with Gasteiger partial charge < -0.3 is 9.90 Å². The number of nitrogens with zero attached hydrogens (tertiary/aromatic N) is 1. The van der Waals surface area contributed by atoms with E-state index in [1.54, 1.807) is 0 Å². The van der Waals surface area contributed by atoms with Crippen molar-refractivity contribution in [2.75, 3.05) is 0 Å². The first-order valence-electron chi connectivity index (χ1n) is 7.06. The van der Waals surface area contributed by atoms with Gasteiger partial charge in [-0.3, -0.25) is 14.5 Å². The van der Waals surface area contributed by atoms with Gasteiger partial charge in [0.25, 0.3) is 0 Å². The molecule has 1 aliphatic heterocycles. The molecule has 0 bridgehead atoms. The topological polar surface area (TPSA) is 77.5 Å². The van der Waals surface area contributed by atoms with Crippen molar-refractivity contribution in [2.45, 2.75) is 46.1 Å². The molecule has 5 nitrogen and oxygen atoms in total. The lowest BCUT2D eigenvalue weighted by Gasteiger charge is -2.28. The number of imide groups is 1. The Labute approximate surface area is 118 Å². The molecule has 0 radical (unpaired) electrons. The highest BCUT2D eigenvalue weighted by molar-refractivity contribution is 6.07. The fourth-order valence-electron chi connectivity index (χ4n) is 3.12. The number of carbonyl (C=O) groups excluding carboxylic acids is 3. The second-order valence-electron chi connectivity index (χ2n) is 6.21. The molecule has 2 amide bonds. The number of carboxylic acids is 1. The molecule has 0 aromatic rings. The molecular formula is C15H20NO4-. The van der Waals surface area contributed by atoms with Gasteiger partial charge in [0.15, 0.2) is 0 Å². The molecule has 0 unspecified atom stereocenters. The van der Waals surface area contributed by atoms with E-state index in [1.165, 1.54) is 0 Å². The second-order valence-corrected chi connectivity index (χ2v) is 6.21. The number of fused-ring (bicyclic) bond motifs is 1. The molecule has 1 aliphatic carbocycles. The summed E-state index contributed by atoms with van der Waals surface area (Å²) in [6.45, 7) is 5.65. The van der Waals surface area contributed by atoms with Crippen molar-refractivity contribution in [3.05, 3.63) is 11.6 Å². The molecular weight excluding hydrogens is 258 g/mol. The summed E-state index contributed by atoms with van der Waals surface area (Å²) in [6.07, 6.45) is 3.28. The lowest BCUT2D eigenvalue weighted by molar-refractivity contribution is -0.311. The normalized spacial score (nSPS) is 27.6. The standard InChI is InChI=1S/C15H21NO4/c1-8(2)6-12(15(19)20)16-13(17)10-5-4-9(3)7-11(10)14(16)18/h4,8,10-12H,5-7H2,1-3H3,(H,19,20)/p-1/t10-,11+,12-/m0/s1. The molecule has 5 heteroatoms. The third-order valence-electron chi connectivity index (χ3n) is 4.14. The van der Waals surface area contributed by atoms with Gasteiger partial charge in [-0.1, -0.05) is 25.5 Å². The summed E-state index contributed by atoms with van der Waals surface area (Å²) in [4.78, 5) is 37.0. The summed E-state index contributed by atoms with van der Waals surface area (Å²) in [5, 5.41) is 11.3. The van der Waals surface area contributed by atoms with E-state index in [1.807, 2.05) is 26.8 Å². The molecule has 0 aromatic heterocycles. The van der Waals surface area contributed by atoms with Crippen molar-refractivity contribution in [1.29, 1.82) is 0 Å². The van der Waals surface area contributed by atoms with Crippen LogP contribution < -0.4 is 5.11 Å². The van der Waals surface area contributed by atoms with Crippen molar-refractivity contribution >= 4 is 17.8 Å². The second kappa shape index (κ2) is 5.38. The molecule has 20 heavy (non-hydrogen) atoms. The van der Waals surface area contributed by atoms with Gasteiger partial charge >= 0.3 is 0 Å². The van der Waals surface area contributed by atoms with Crippen LogP contribution in [0.15, 0.2) is 11.6 Å². The summed E-state index contributed by atoms with van der Waals surface area (Å²) < 4.78 is 0. The van der Waals surface area contributed by atoms with Gasteiger partial charge in [-0.25, -0.2) is 0 Å². The SMILES string of the molecule is CC1=CC[C@@H]2C(=O)N([C@@H](CC(C)C)C(=O)[O-])C(=O)[C@@H]2C1. The van der Waals surface area contributed by atoms with E-state index in [-0.39, 0.29) is 36.0 Å². The molecule has 3 atom stereocenters. The maximum atomic E-state index is 12.4. The molecule has 1 saturated heterocycles. The maximum absolute atomic E-state index is 12.4. The Bertz CT molecular complexity index is 480. The van der Waals surface area contributed by atoms with E-state index in [0.717, 1.165) is 10.5 Å². The van der Waals surface area contributed by atoms with Gasteiger partial charge in [-0.05, 0) is 32.1 Å². The van der Waals surface area contributed by atoms with E-state index < -0.39 is 12.0 Å². The van der Waals surface area contributed by atoms with E-state index >= 15 is 0 Å². The zero-order valence-corrected chi connectivity index (χ0v) is 12.1. The molecule has 2 aliphatic rings. The Hall–Kier alpha value is -1.65. The van der Waals surface area contributed by atoms with Crippen LogP contribution in [0.25, 0.3) is 0 Å². The molecule has 1 fully saturated rings. The number of hydrogen-bond donors (Lipinski definition) is 0. The first kappa shape index (κ1) is 14.8. The largest absolute Gasteiger partial charge is 0.548 e. The fraction of sp³-hybridized carbons (Fsp3) is 0.667. The van der Waals surface area contributed by atoms with Crippen molar-refractivity contribution in [1.82, 2.24) is 4.90 Å². The van der Waals surface area contributed by atoms with E-state index in [9.17, 15) is 19.5 Å². The number of allylic oxidation sites excluding steroid dienone is 2. The van der Waals surface area contributed by atoms with Crippen LogP contribution in [0.3, 0.4) is 0 Å². The number of carbonyl (C=O) groups is 3. The summed E-state index contributed by atoms with van der Waals surface area (Å²) in [5.41, 5.74) is 1.09. The monoisotopic (exact) mass is 278 g/mol. The fourth-order valence-corrected chi connectivity index (χ4v) is 3.12. The first-order chi connectivity index (χ1) is 9.32. The lowest BCUT2D eigenvalue weighted by Crippen LogP contribution is -2.51. The Morgan fingerprint density at radius 1 is 1.35 bits per heavy atom. The highest BCUT2D eigenvalue weighted by Crippen LogP contribution is 2.39. The highest BCUT2D eigenvalue weighted by Gasteiger charge is 2.50. The van der Waals surface area contributed by atoms with Gasteiger partial charge in [0.2, 0.25) is 11.8 Å². The number of carboxylic acid groups (broad SMARTS) is 1. The van der Waals surface area contributed by atoms with Crippen LogP contribution in [0.5, 0.6) is 0 Å². The molecule has 1 heterocycles. The Kier molecular flexibility index (Phi) is 3.97. The molecule has 2 rings (SSSR count). The van der Waals surface area contributed by atoms with Crippen LogP contribution in [-0.2, 0) is 14.4 Å². The summed E-state index contributed by atoms with van der Waals surface area (Å²) in [5.74, 6) is -2.74. The van der Waals surface area contributed by atoms with Crippen LogP contribution in [0, 0.1) is 17.8 Å². The first-order valence-corrected chi connectivity index (χ1v) is 7.06. The van der Waals surface area contributed by atoms with Gasteiger partial charge in [0.05, 0.1) is 23.8 Å². The van der Waals surface area contributed by atoms with Crippen LogP contribution in [0.1, 0.15) is 40.0 Å². The number of amides is 2. The third kappa shape index (κ3) is 2.49. The maximum Gasteiger partial charge on any atom is 0.234 e. The quantitative estimate of drug-likeness (QED) is 0.554. The Morgan fingerprint density at radius 3 is 2.50 bits per heavy atom. The zero-order chi connectivity index (χ0) is 15.0. The number of likely N-dealkylation sites (tertiary alicyclic amines) is 1. The minimum atomic E-state index is -1.34. The minimum Gasteiger partial charge on any atom is -0.548 e. The predicted molar refractivity (Wildman–Crippen MR) is 70.1 cm³/mol. The predicted octanol–water partition coefficient (Wildman–Crippen LogP) is 0.492. The summed E-state index contributed by atoms with van der Waals surface area (Å²) in [7, 11) is 0. The van der Waals surface area contributed by atoms with Gasteiger partial charge in [-0.2, -0.15) is 0 Å². The van der Waals surface area contributed by atoms with Crippen LogP contribution in [0.2, 0.25) is 0 Å². The molecule has 0 spiro atoms. The van der Waals surface area contributed by atoms with Gasteiger partial charge in [0, 0.05) is 0 Å².